The first-order chi connectivity index (χ1) is 12.1. The summed E-state index contributed by atoms with van der Waals surface area (Å²) in [6.07, 6.45) is 7.68. The molecule has 1 atom stereocenters. The van der Waals surface area contributed by atoms with Crippen LogP contribution in [0.25, 0.3) is 0 Å². The lowest BCUT2D eigenvalue weighted by Crippen LogP contribution is -2.34. The van der Waals surface area contributed by atoms with Gasteiger partial charge in [-0.2, -0.15) is 0 Å². The van der Waals surface area contributed by atoms with Gasteiger partial charge < -0.3 is 9.64 Å². The van der Waals surface area contributed by atoms with Crippen molar-refractivity contribution in [2.24, 2.45) is 0 Å². The average Bonchev–Trinajstić information content (AvgIpc) is 2.87. The van der Waals surface area contributed by atoms with Gasteiger partial charge in [0.05, 0.1) is 23.2 Å². The highest BCUT2D eigenvalue weighted by Gasteiger charge is 2.28. The summed E-state index contributed by atoms with van der Waals surface area (Å²) >= 11 is 12.4. The van der Waals surface area contributed by atoms with E-state index in [1.54, 1.807) is 24.5 Å². The van der Waals surface area contributed by atoms with Crippen molar-refractivity contribution >= 4 is 29.1 Å². The zero-order valence-electron chi connectivity index (χ0n) is 14.0. The van der Waals surface area contributed by atoms with E-state index < -0.39 is 0 Å². The normalized spacial score (nSPS) is 17.9. The number of aromatic nitrogens is 1. The molecule has 0 bridgehead atoms. The van der Waals surface area contributed by atoms with Crippen molar-refractivity contribution in [2.45, 2.75) is 31.7 Å². The van der Waals surface area contributed by atoms with Crippen LogP contribution in [0.5, 0.6) is 5.75 Å². The predicted molar refractivity (Wildman–Crippen MR) is 99.5 cm³/mol. The lowest BCUT2D eigenvalue weighted by molar-refractivity contribution is 0.0681. The molecule has 4 nitrogen and oxygen atoms in total. The molecule has 0 radical (unpaired) electrons. The third-order valence-corrected chi connectivity index (χ3v) is 5.12. The van der Waals surface area contributed by atoms with Crippen molar-refractivity contribution in [3.8, 4) is 5.75 Å². The molecule has 2 heterocycles. The molecule has 1 fully saturated rings. The Morgan fingerprint density at radius 1 is 1.16 bits per heavy atom. The Hall–Kier alpha value is -1.78. The molecular weight excluding hydrogens is 359 g/mol. The fourth-order valence-electron chi connectivity index (χ4n) is 3.33. The molecule has 3 rings (SSSR count). The van der Waals surface area contributed by atoms with Crippen LogP contribution in [0.3, 0.4) is 0 Å². The van der Waals surface area contributed by atoms with Crippen LogP contribution in [0, 0.1) is 0 Å². The number of carbonyl (C=O) groups excluding carboxylic acids is 1. The second-order valence-corrected chi connectivity index (χ2v) is 6.93. The SMILES string of the molecule is COc1c(Cl)cc(C(=O)N2CCCCCC2c2ccncc2)cc1Cl. The lowest BCUT2D eigenvalue weighted by atomic mass is 10.0. The lowest BCUT2D eigenvalue weighted by Gasteiger charge is -2.30. The number of nitrogens with zero attached hydrogens (tertiary/aromatic N) is 2. The molecule has 1 aliphatic heterocycles. The summed E-state index contributed by atoms with van der Waals surface area (Å²) < 4.78 is 5.17. The Morgan fingerprint density at radius 2 is 1.84 bits per heavy atom. The topological polar surface area (TPSA) is 42.4 Å². The number of rotatable bonds is 3. The summed E-state index contributed by atoms with van der Waals surface area (Å²) in [4.78, 5) is 19.2. The molecule has 1 amide bonds. The monoisotopic (exact) mass is 378 g/mol. The Labute approximate surface area is 157 Å². The number of hydrogen-bond donors (Lipinski definition) is 0. The second-order valence-electron chi connectivity index (χ2n) is 6.12. The molecule has 2 aromatic rings. The number of halogens is 2. The van der Waals surface area contributed by atoms with Gasteiger partial charge in [0.25, 0.3) is 5.91 Å². The van der Waals surface area contributed by atoms with E-state index in [1.165, 1.54) is 7.11 Å². The van der Waals surface area contributed by atoms with Gasteiger partial charge >= 0.3 is 0 Å². The van der Waals surface area contributed by atoms with Crippen LogP contribution in [-0.4, -0.2) is 29.4 Å². The van der Waals surface area contributed by atoms with Crippen LogP contribution in [-0.2, 0) is 0 Å². The van der Waals surface area contributed by atoms with Crippen LogP contribution in [0.15, 0.2) is 36.7 Å². The van der Waals surface area contributed by atoms with Crippen molar-refractivity contribution < 1.29 is 9.53 Å². The molecule has 6 heteroatoms. The number of likely N-dealkylation sites (tertiary alicyclic amines) is 1. The zero-order chi connectivity index (χ0) is 17.8. The Bertz CT molecular complexity index is 729. The maximum atomic E-state index is 13.2. The minimum absolute atomic E-state index is 0.0395. The first-order valence-corrected chi connectivity index (χ1v) is 9.11. The number of pyridine rings is 1. The van der Waals surface area contributed by atoms with Crippen LogP contribution >= 0.6 is 23.2 Å². The van der Waals surface area contributed by atoms with E-state index in [0.717, 1.165) is 31.2 Å². The average molecular weight is 379 g/mol. The molecule has 1 aromatic carbocycles. The largest absolute Gasteiger partial charge is 0.494 e. The molecule has 1 aliphatic rings. The van der Waals surface area contributed by atoms with Crippen molar-refractivity contribution in [1.29, 1.82) is 0 Å². The Kier molecular flexibility index (Phi) is 5.82. The summed E-state index contributed by atoms with van der Waals surface area (Å²) in [7, 11) is 1.50. The van der Waals surface area contributed by atoms with E-state index in [9.17, 15) is 4.79 Å². The second kappa shape index (κ2) is 8.07. The number of benzene rings is 1. The van der Waals surface area contributed by atoms with Crippen LogP contribution in [0.1, 0.15) is 47.6 Å². The standard InChI is InChI=1S/C19H20Cl2N2O2/c1-25-18-15(20)11-14(12-16(18)21)19(24)23-10-4-2-3-5-17(23)13-6-8-22-9-7-13/h6-9,11-12,17H,2-5,10H2,1H3. The van der Waals surface area contributed by atoms with E-state index in [-0.39, 0.29) is 11.9 Å². The highest BCUT2D eigenvalue weighted by molar-refractivity contribution is 6.37. The van der Waals surface area contributed by atoms with Crippen LogP contribution < -0.4 is 4.74 Å². The number of methoxy groups -OCH3 is 1. The van der Waals surface area contributed by atoms with Gasteiger partial charge in [0.1, 0.15) is 0 Å². The van der Waals surface area contributed by atoms with E-state index in [2.05, 4.69) is 4.98 Å². The van der Waals surface area contributed by atoms with Gasteiger partial charge in [0.15, 0.2) is 5.75 Å². The zero-order valence-corrected chi connectivity index (χ0v) is 15.6. The first-order valence-electron chi connectivity index (χ1n) is 8.35. The molecule has 1 unspecified atom stereocenters. The van der Waals surface area contributed by atoms with Crippen molar-refractivity contribution in [3.05, 3.63) is 57.8 Å². The third-order valence-electron chi connectivity index (χ3n) is 4.55. The highest BCUT2D eigenvalue weighted by Crippen LogP contribution is 2.36. The van der Waals surface area contributed by atoms with Crippen molar-refractivity contribution in [1.82, 2.24) is 9.88 Å². The fraction of sp³-hybridized carbons (Fsp3) is 0.368. The van der Waals surface area contributed by atoms with Gasteiger partial charge in [0, 0.05) is 24.5 Å². The quantitative estimate of drug-likeness (QED) is 0.740. The molecule has 0 aliphatic carbocycles. The number of amides is 1. The van der Waals surface area contributed by atoms with Gasteiger partial charge in [-0.25, -0.2) is 0 Å². The maximum absolute atomic E-state index is 13.2. The summed E-state index contributed by atoms with van der Waals surface area (Å²) in [5, 5.41) is 0.683. The molecule has 0 saturated carbocycles. The molecule has 0 N–H and O–H groups in total. The maximum Gasteiger partial charge on any atom is 0.254 e. The van der Waals surface area contributed by atoms with Crippen molar-refractivity contribution in [3.63, 3.8) is 0 Å². The smallest absolute Gasteiger partial charge is 0.254 e. The number of carbonyl (C=O) groups is 1. The minimum atomic E-state index is -0.0600. The molecule has 1 aromatic heterocycles. The fourth-order valence-corrected chi connectivity index (χ4v) is 3.97. The van der Waals surface area contributed by atoms with E-state index in [1.807, 2.05) is 17.0 Å². The van der Waals surface area contributed by atoms with Gasteiger partial charge in [-0.15, -0.1) is 0 Å². The number of ether oxygens (including phenoxy) is 1. The third kappa shape index (κ3) is 3.91. The van der Waals surface area contributed by atoms with Crippen LogP contribution in [0.4, 0.5) is 0 Å². The molecule has 0 spiro atoms. The summed E-state index contributed by atoms with van der Waals surface area (Å²) in [5.74, 6) is 0.330. The molecule has 1 saturated heterocycles. The minimum Gasteiger partial charge on any atom is -0.494 e. The van der Waals surface area contributed by atoms with Gasteiger partial charge in [-0.3, -0.25) is 9.78 Å². The molecule has 132 valence electrons. The molecular formula is C19H20Cl2N2O2. The summed E-state index contributed by atoms with van der Waals surface area (Å²) in [6.45, 7) is 0.715. The van der Waals surface area contributed by atoms with Crippen LogP contribution in [0.2, 0.25) is 10.0 Å². The van der Waals surface area contributed by atoms with E-state index in [0.29, 0.717) is 27.9 Å². The van der Waals surface area contributed by atoms with E-state index in [4.69, 9.17) is 27.9 Å². The highest BCUT2D eigenvalue weighted by atomic mass is 35.5. The predicted octanol–water partition coefficient (Wildman–Crippen LogP) is 5.15. The summed E-state index contributed by atoms with van der Waals surface area (Å²) in [5.41, 5.74) is 1.59. The van der Waals surface area contributed by atoms with Gasteiger partial charge in [-0.1, -0.05) is 36.0 Å². The Morgan fingerprint density at radius 3 is 2.48 bits per heavy atom. The van der Waals surface area contributed by atoms with Gasteiger partial charge in [-0.05, 0) is 42.7 Å². The number of hydrogen-bond acceptors (Lipinski definition) is 3. The van der Waals surface area contributed by atoms with E-state index >= 15 is 0 Å². The molecule has 25 heavy (non-hydrogen) atoms. The van der Waals surface area contributed by atoms with Gasteiger partial charge in [0.2, 0.25) is 0 Å². The Balaban J connectivity index is 1.95. The summed E-state index contributed by atoms with van der Waals surface area (Å²) in [6, 6.07) is 7.25. The van der Waals surface area contributed by atoms with Crippen molar-refractivity contribution in [2.75, 3.05) is 13.7 Å². The first kappa shape index (κ1) is 18.0.